The van der Waals surface area contributed by atoms with Crippen molar-refractivity contribution in [2.45, 2.75) is 63.9 Å². The maximum absolute atomic E-state index is 10.9. The number of aliphatic carboxylic acids is 1. The average molecular weight is 464 g/mol. The van der Waals surface area contributed by atoms with E-state index in [1.54, 1.807) is 0 Å². The minimum Gasteiger partial charge on any atom is -0.490 e. The Morgan fingerprint density at radius 2 is 1.91 bits per heavy atom. The van der Waals surface area contributed by atoms with Crippen molar-refractivity contribution < 1.29 is 14.6 Å². The van der Waals surface area contributed by atoms with E-state index in [1.807, 2.05) is 36.2 Å². The van der Waals surface area contributed by atoms with Gasteiger partial charge in [-0.05, 0) is 85.7 Å². The maximum atomic E-state index is 10.9. The highest BCUT2D eigenvalue weighted by Crippen LogP contribution is 2.31. The molecule has 1 N–H and O–H groups in total. The molecule has 0 amide bonds. The van der Waals surface area contributed by atoms with E-state index in [2.05, 4.69) is 62.2 Å². The van der Waals surface area contributed by atoms with Crippen LogP contribution in [0.25, 0.3) is 11.3 Å². The molecule has 4 nitrogen and oxygen atoms in total. The first-order valence-corrected chi connectivity index (χ1v) is 12.7. The van der Waals surface area contributed by atoms with Crippen molar-refractivity contribution in [3.8, 4) is 17.0 Å². The Labute approximate surface area is 201 Å². The summed E-state index contributed by atoms with van der Waals surface area (Å²) in [5.74, 6) is 1.07. The van der Waals surface area contributed by atoms with Crippen LogP contribution in [0.4, 0.5) is 0 Å². The third-order valence-corrected chi connectivity index (χ3v) is 6.71. The largest absolute Gasteiger partial charge is 0.490 e. The number of nitrogens with zero attached hydrogens (tertiary/aromatic N) is 1. The molecule has 0 radical (unpaired) electrons. The first kappa shape index (κ1) is 24.8. The molecule has 3 rings (SSSR count). The highest BCUT2D eigenvalue weighted by molar-refractivity contribution is 7.99. The van der Waals surface area contributed by atoms with Crippen molar-refractivity contribution >= 4 is 17.7 Å². The number of pyridine rings is 1. The summed E-state index contributed by atoms with van der Waals surface area (Å²) in [4.78, 5) is 16.6. The predicted molar refractivity (Wildman–Crippen MR) is 136 cm³/mol. The molecular formula is C28H33NO3S. The van der Waals surface area contributed by atoms with Crippen LogP contribution in [0.5, 0.6) is 5.75 Å². The number of carboxylic acid groups (broad SMARTS) is 1. The third kappa shape index (κ3) is 7.36. The number of thioether (sulfide) groups is 1. The molecule has 5 heteroatoms. The summed E-state index contributed by atoms with van der Waals surface area (Å²) in [6.45, 7) is 6.39. The van der Waals surface area contributed by atoms with E-state index < -0.39 is 5.97 Å². The molecule has 0 aliphatic carbocycles. The normalized spacial score (nSPS) is 11.8. The van der Waals surface area contributed by atoms with Crippen LogP contribution in [0, 0.1) is 0 Å². The fraction of sp³-hybridized carbons (Fsp3) is 0.357. The van der Waals surface area contributed by atoms with Crippen LogP contribution >= 0.6 is 11.8 Å². The van der Waals surface area contributed by atoms with Crippen LogP contribution in [0.3, 0.4) is 0 Å². The fourth-order valence-electron chi connectivity index (χ4n) is 3.75. The zero-order chi connectivity index (χ0) is 23.6. The van der Waals surface area contributed by atoms with Gasteiger partial charge in [0.1, 0.15) is 5.75 Å². The molecule has 1 atom stereocenters. The van der Waals surface area contributed by atoms with Crippen LogP contribution in [0.2, 0.25) is 0 Å². The minimum absolute atomic E-state index is 0.0768. The van der Waals surface area contributed by atoms with Gasteiger partial charge in [0, 0.05) is 28.8 Å². The Morgan fingerprint density at radius 3 is 2.61 bits per heavy atom. The van der Waals surface area contributed by atoms with Crippen molar-refractivity contribution in [2.75, 3.05) is 5.75 Å². The van der Waals surface area contributed by atoms with Crippen LogP contribution in [-0.2, 0) is 24.1 Å². The Bertz CT molecular complexity index is 1050. The second kappa shape index (κ2) is 12.4. The van der Waals surface area contributed by atoms with Crippen molar-refractivity contribution in [2.24, 2.45) is 0 Å². The van der Waals surface area contributed by atoms with Crippen molar-refractivity contribution in [3.63, 3.8) is 0 Å². The molecule has 3 aromatic rings. The first-order chi connectivity index (χ1) is 16.0. The van der Waals surface area contributed by atoms with E-state index in [-0.39, 0.29) is 12.5 Å². The maximum Gasteiger partial charge on any atom is 0.303 e. The molecule has 0 saturated carbocycles. The van der Waals surface area contributed by atoms with Gasteiger partial charge in [0.15, 0.2) is 0 Å². The second-order valence-corrected chi connectivity index (χ2v) is 9.31. The summed E-state index contributed by atoms with van der Waals surface area (Å²) >= 11 is 1.82. The number of aromatic nitrogens is 1. The number of carbonyl (C=O) groups is 1. The first-order valence-electron chi connectivity index (χ1n) is 11.7. The zero-order valence-electron chi connectivity index (χ0n) is 19.7. The van der Waals surface area contributed by atoms with E-state index in [0.717, 1.165) is 47.6 Å². The van der Waals surface area contributed by atoms with Gasteiger partial charge in [0.2, 0.25) is 0 Å². The van der Waals surface area contributed by atoms with E-state index in [4.69, 9.17) is 9.84 Å². The third-order valence-electron chi connectivity index (χ3n) is 5.68. The molecule has 0 saturated heterocycles. The molecule has 1 aromatic heterocycles. The standard InChI is InChI=1S/C28H33NO3S/c1-4-21-9-13-27(25(18-21)26-8-6-7-16-29-26)32-20(3)15-17-33-24-12-10-23(11-14-28(30)31)22(5-2)19-24/h6-10,12-13,16,18-20H,4-5,11,14-15,17H2,1-3H3,(H,30,31). The number of hydrogen-bond acceptors (Lipinski definition) is 4. The average Bonchev–Trinajstić information content (AvgIpc) is 2.83. The number of aryl methyl sites for hydroxylation is 3. The van der Waals surface area contributed by atoms with E-state index >= 15 is 0 Å². The smallest absolute Gasteiger partial charge is 0.303 e. The summed E-state index contributed by atoms with van der Waals surface area (Å²) in [5.41, 5.74) is 5.61. The summed E-state index contributed by atoms with van der Waals surface area (Å²) in [6, 6.07) is 18.7. The van der Waals surface area contributed by atoms with Gasteiger partial charge in [-0.25, -0.2) is 0 Å². The molecule has 174 valence electrons. The highest BCUT2D eigenvalue weighted by Gasteiger charge is 2.13. The monoisotopic (exact) mass is 463 g/mol. The quantitative estimate of drug-likeness (QED) is 0.298. The molecule has 33 heavy (non-hydrogen) atoms. The summed E-state index contributed by atoms with van der Waals surface area (Å²) < 4.78 is 6.35. The lowest BCUT2D eigenvalue weighted by atomic mass is 10.0. The van der Waals surface area contributed by atoms with Gasteiger partial charge in [0.25, 0.3) is 0 Å². The minimum atomic E-state index is -0.750. The molecular weight excluding hydrogens is 430 g/mol. The molecule has 0 aliphatic heterocycles. The lowest BCUT2D eigenvalue weighted by Gasteiger charge is -2.18. The van der Waals surface area contributed by atoms with Gasteiger partial charge >= 0.3 is 5.97 Å². The van der Waals surface area contributed by atoms with E-state index in [9.17, 15) is 4.79 Å². The molecule has 1 heterocycles. The Kier molecular flexibility index (Phi) is 9.37. The molecule has 2 aromatic carbocycles. The van der Waals surface area contributed by atoms with Crippen LogP contribution in [0.1, 0.15) is 50.3 Å². The molecule has 0 fully saturated rings. The zero-order valence-corrected chi connectivity index (χ0v) is 20.5. The van der Waals surface area contributed by atoms with Gasteiger partial charge in [-0.1, -0.05) is 32.0 Å². The van der Waals surface area contributed by atoms with Crippen LogP contribution in [-0.4, -0.2) is 27.9 Å². The van der Waals surface area contributed by atoms with Gasteiger partial charge in [0.05, 0.1) is 11.8 Å². The Morgan fingerprint density at radius 1 is 1.06 bits per heavy atom. The molecule has 0 spiro atoms. The highest BCUT2D eigenvalue weighted by atomic mass is 32.2. The number of carboxylic acids is 1. The van der Waals surface area contributed by atoms with Crippen molar-refractivity contribution in [1.82, 2.24) is 4.98 Å². The van der Waals surface area contributed by atoms with Gasteiger partial charge in [-0.3, -0.25) is 9.78 Å². The number of rotatable bonds is 12. The molecule has 0 bridgehead atoms. The number of hydrogen-bond donors (Lipinski definition) is 1. The van der Waals surface area contributed by atoms with Crippen LogP contribution < -0.4 is 4.74 Å². The van der Waals surface area contributed by atoms with Gasteiger partial charge in [-0.15, -0.1) is 11.8 Å². The van der Waals surface area contributed by atoms with Gasteiger partial charge in [-0.2, -0.15) is 0 Å². The number of benzene rings is 2. The van der Waals surface area contributed by atoms with Gasteiger partial charge < -0.3 is 9.84 Å². The predicted octanol–water partition coefficient (Wildman–Crippen LogP) is 6.84. The van der Waals surface area contributed by atoms with E-state index in [1.165, 1.54) is 16.0 Å². The number of ether oxygens (including phenoxy) is 1. The summed E-state index contributed by atoms with van der Waals surface area (Å²) in [5, 5.41) is 8.96. The van der Waals surface area contributed by atoms with Crippen molar-refractivity contribution in [1.29, 1.82) is 0 Å². The molecule has 0 aliphatic rings. The molecule has 1 unspecified atom stereocenters. The van der Waals surface area contributed by atoms with Crippen molar-refractivity contribution in [3.05, 3.63) is 77.5 Å². The Balaban J connectivity index is 1.60. The summed E-state index contributed by atoms with van der Waals surface area (Å²) in [6.07, 6.45) is 5.46. The topological polar surface area (TPSA) is 59.4 Å². The lowest BCUT2D eigenvalue weighted by molar-refractivity contribution is -0.136. The Hall–Kier alpha value is -2.79. The van der Waals surface area contributed by atoms with Crippen LogP contribution in [0.15, 0.2) is 65.7 Å². The SMILES string of the molecule is CCc1ccc(OC(C)CCSc2ccc(CCC(=O)O)c(CC)c2)c(-c2ccccn2)c1. The summed E-state index contributed by atoms with van der Waals surface area (Å²) in [7, 11) is 0. The lowest BCUT2D eigenvalue weighted by Crippen LogP contribution is -2.13. The van der Waals surface area contributed by atoms with E-state index in [0.29, 0.717) is 6.42 Å². The second-order valence-electron chi connectivity index (χ2n) is 8.14. The fourth-order valence-corrected chi connectivity index (χ4v) is 4.82.